The lowest BCUT2D eigenvalue weighted by molar-refractivity contribution is -0.210. The van der Waals surface area contributed by atoms with Gasteiger partial charge in [0.1, 0.15) is 0 Å². The molecule has 1 aliphatic rings. The molecule has 88 valence electrons. The van der Waals surface area contributed by atoms with Crippen molar-refractivity contribution in [3.63, 3.8) is 0 Å². The summed E-state index contributed by atoms with van der Waals surface area (Å²) in [5.41, 5.74) is -1.54. The first-order valence-electron chi connectivity index (χ1n) is 4.58. The van der Waals surface area contributed by atoms with Crippen LogP contribution in [0.1, 0.15) is 26.7 Å². The zero-order chi connectivity index (χ0) is 12.3. The Kier molecular flexibility index (Phi) is 3.26. The molecule has 0 aliphatic carbocycles. The second-order valence-corrected chi connectivity index (χ2v) is 3.68. The summed E-state index contributed by atoms with van der Waals surface area (Å²) in [6.45, 7) is 2.67. The van der Waals surface area contributed by atoms with Crippen molar-refractivity contribution in [3.8, 4) is 0 Å². The molecule has 0 spiro atoms. The van der Waals surface area contributed by atoms with Gasteiger partial charge >= 0.3 is 5.97 Å². The van der Waals surface area contributed by atoms with Crippen LogP contribution in [0, 0.1) is 0 Å². The molecule has 1 fully saturated rings. The second kappa shape index (κ2) is 4.30. The molecule has 0 atom stereocenters. The normalized spacial score (nSPS) is 16.2. The minimum Gasteiger partial charge on any atom is -0.450 e. The maximum atomic E-state index is 11.4. The van der Waals surface area contributed by atoms with Crippen LogP contribution in [0.2, 0.25) is 0 Å². The summed E-state index contributed by atoms with van der Waals surface area (Å²) < 4.78 is 4.47. The van der Waals surface area contributed by atoms with Gasteiger partial charge in [-0.2, -0.15) is 0 Å². The first kappa shape index (κ1) is 12.2. The fourth-order valence-corrected chi connectivity index (χ4v) is 1.02. The molecule has 0 aromatic carbocycles. The average molecular weight is 229 g/mol. The highest BCUT2D eigenvalue weighted by molar-refractivity contribution is 6.01. The smallest absolute Gasteiger partial charge is 0.375 e. The van der Waals surface area contributed by atoms with E-state index in [1.165, 1.54) is 13.8 Å². The maximum absolute atomic E-state index is 11.4. The first-order chi connectivity index (χ1) is 7.38. The van der Waals surface area contributed by atoms with Gasteiger partial charge in [-0.3, -0.25) is 14.4 Å². The molecule has 7 heteroatoms. The largest absolute Gasteiger partial charge is 0.450 e. The number of carbonyl (C=O) groups excluding carboxylic acids is 4. The number of ether oxygens (including phenoxy) is 1. The summed E-state index contributed by atoms with van der Waals surface area (Å²) in [6.07, 6.45) is 0.0299. The molecule has 0 N–H and O–H groups in total. The van der Waals surface area contributed by atoms with Crippen LogP contribution >= 0.6 is 0 Å². The molecule has 0 unspecified atom stereocenters. The van der Waals surface area contributed by atoms with Gasteiger partial charge in [-0.1, -0.05) is 0 Å². The van der Waals surface area contributed by atoms with Gasteiger partial charge < -0.3 is 9.57 Å². The van der Waals surface area contributed by atoms with Crippen molar-refractivity contribution in [2.45, 2.75) is 32.3 Å². The van der Waals surface area contributed by atoms with E-state index in [1.807, 2.05) is 0 Å². The lowest BCUT2D eigenvalue weighted by Gasteiger charge is -2.22. The number of rotatable bonds is 4. The van der Waals surface area contributed by atoms with Gasteiger partial charge in [0, 0.05) is 12.8 Å². The van der Waals surface area contributed by atoms with Crippen LogP contribution in [0.3, 0.4) is 0 Å². The molecule has 0 bridgehead atoms. The maximum Gasteiger partial charge on any atom is 0.375 e. The number of carbonyl (C=O) groups is 4. The van der Waals surface area contributed by atoms with E-state index in [0.29, 0.717) is 5.06 Å². The van der Waals surface area contributed by atoms with Crippen molar-refractivity contribution in [2.24, 2.45) is 0 Å². The monoisotopic (exact) mass is 229 g/mol. The molecule has 1 heterocycles. The Balaban J connectivity index is 2.67. The van der Waals surface area contributed by atoms with Crippen LogP contribution in [-0.4, -0.2) is 34.9 Å². The Morgan fingerprint density at radius 3 is 2.25 bits per heavy atom. The lowest BCUT2D eigenvalue weighted by atomic mass is 10.1. The summed E-state index contributed by atoms with van der Waals surface area (Å²) in [6, 6.07) is 0. The highest BCUT2D eigenvalue weighted by Gasteiger charge is 2.39. The van der Waals surface area contributed by atoms with E-state index in [0.717, 1.165) is 0 Å². The van der Waals surface area contributed by atoms with Crippen molar-refractivity contribution in [2.75, 3.05) is 0 Å². The average Bonchev–Trinajstić information content (AvgIpc) is 2.49. The quantitative estimate of drug-likeness (QED) is 0.479. The van der Waals surface area contributed by atoms with Crippen LogP contribution < -0.4 is 0 Å². The van der Waals surface area contributed by atoms with E-state index >= 15 is 0 Å². The summed E-state index contributed by atoms with van der Waals surface area (Å²) in [5.74, 6) is -2.15. The molecule has 16 heavy (non-hydrogen) atoms. The minimum atomic E-state index is -1.54. The molecule has 7 nitrogen and oxygen atoms in total. The van der Waals surface area contributed by atoms with Gasteiger partial charge in [0.15, 0.2) is 0 Å². The highest BCUT2D eigenvalue weighted by Crippen LogP contribution is 2.16. The van der Waals surface area contributed by atoms with Crippen LogP contribution in [-0.2, 0) is 28.8 Å². The molecule has 1 saturated heterocycles. The van der Waals surface area contributed by atoms with Gasteiger partial charge in [-0.15, -0.1) is 5.06 Å². The van der Waals surface area contributed by atoms with E-state index in [2.05, 4.69) is 9.57 Å². The van der Waals surface area contributed by atoms with Crippen LogP contribution in [0.5, 0.6) is 0 Å². The van der Waals surface area contributed by atoms with E-state index in [1.54, 1.807) is 0 Å². The van der Waals surface area contributed by atoms with Gasteiger partial charge in [0.05, 0.1) is 0 Å². The van der Waals surface area contributed by atoms with Gasteiger partial charge in [0.2, 0.25) is 5.60 Å². The number of hydroxylamine groups is 2. The van der Waals surface area contributed by atoms with E-state index in [4.69, 9.17) is 0 Å². The summed E-state index contributed by atoms with van der Waals surface area (Å²) >= 11 is 0. The number of imide groups is 1. The standard InChI is InChI=1S/C9H11NO6/c1-9(2,15-5-11)8(14)16-10-6(12)3-4-7(10)13/h5H,3-4H2,1-2H3. The zero-order valence-electron chi connectivity index (χ0n) is 8.89. The summed E-state index contributed by atoms with van der Waals surface area (Å²) in [7, 11) is 0. The van der Waals surface area contributed by atoms with Crippen molar-refractivity contribution < 1.29 is 28.8 Å². The predicted octanol–water partition coefficient (Wildman–Crippen LogP) is -0.455. The Morgan fingerprint density at radius 1 is 1.31 bits per heavy atom. The van der Waals surface area contributed by atoms with Gasteiger partial charge in [-0.05, 0) is 13.8 Å². The Hall–Kier alpha value is -1.92. The number of hydrogen-bond acceptors (Lipinski definition) is 6. The molecule has 0 radical (unpaired) electrons. The van der Waals surface area contributed by atoms with Crippen molar-refractivity contribution >= 4 is 24.3 Å². The fraction of sp³-hybridized carbons (Fsp3) is 0.556. The highest BCUT2D eigenvalue weighted by atomic mass is 16.7. The van der Waals surface area contributed by atoms with Crippen molar-refractivity contribution in [3.05, 3.63) is 0 Å². The number of nitrogens with zero attached hydrogens (tertiary/aromatic N) is 1. The Labute approximate surface area is 91.2 Å². The Morgan fingerprint density at radius 2 is 1.81 bits per heavy atom. The third-order valence-corrected chi connectivity index (χ3v) is 2.01. The van der Waals surface area contributed by atoms with Crippen molar-refractivity contribution in [1.29, 1.82) is 0 Å². The third kappa shape index (κ3) is 2.36. The molecule has 0 aromatic heterocycles. The van der Waals surface area contributed by atoms with E-state index in [9.17, 15) is 19.2 Å². The SMILES string of the molecule is CC(C)(OC=O)C(=O)ON1C(=O)CCC1=O. The Bertz CT molecular complexity index is 332. The second-order valence-electron chi connectivity index (χ2n) is 3.68. The van der Waals surface area contributed by atoms with Crippen LogP contribution in [0.4, 0.5) is 0 Å². The van der Waals surface area contributed by atoms with E-state index in [-0.39, 0.29) is 19.3 Å². The third-order valence-electron chi connectivity index (χ3n) is 2.01. The molecule has 1 rings (SSSR count). The summed E-state index contributed by atoms with van der Waals surface area (Å²) in [5, 5.41) is 0.401. The fourth-order valence-electron chi connectivity index (χ4n) is 1.02. The van der Waals surface area contributed by atoms with Gasteiger partial charge in [-0.25, -0.2) is 4.79 Å². The molecule has 0 saturated carbocycles. The summed E-state index contributed by atoms with van der Waals surface area (Å²) in [4.78, 5) is 48.4. The van der Waals surface area contributed by atoms with E-state index < -0.39 is 23.4 Å². The topological polar surface area (TPSA) is 90.0 Å². The lowest BCUT2D eigenvalue weighted by Crippen LogP contribution is -2.42. The first-order valence-corrected chi connectivity index (χ1v) is 4.58. The zero-order valence-corrected chi connectivity index (χ0v) is 8.89. The van der Waals surface area contributed by atoms with Crippen LogP contribution in [0.15, 0.2) is 0 Å². The predicted molar refractivity (Wildman–Crippen MR) is 48.4 cm³/mol. The molecular formula is C9H11NO6. The van der Waals surface area contributed by atoms with Gasteiger partial charge in [0.25, 0.3) is 18.3 Å². The number of hydrogen-bond donors (Lipinski definition) is 0. The minimum absolute atomic E-state index is 0.0150. The molecule has 2 amide bonds. The molecule has 1 aliphatic heterocycles. The van der Waals surface area contributed by atoms with Crippen LogP contribution in [0.25, 0.3) is 0 Å². The molecule has 0 aromatic rings. The van der Waals surface area contributed by atoms with Crippen molar-refractivity contribution in [1.82, 2.24) is 5.06 Å². The molecular weight excluding hydrogens is 218 g/mol. The number of amides is 2.